The Morgan fingerprint density at radius 1 is 1.00 bits per heavy atom. The van der Waals surface area contributed by atoms with Crippen molar-refractivity contribution in [2.75, 3.05) is 0 Å². The highest BCUT2D eigenvalue weighted by Gasteiger charge is 1.93. The molecule has 0 N–H and O–H groups in total. The average Bonchev–Trinajstić information content (AvgIpc) is 2.36. The van der Waals surface area contributed by atoms with Gasteiger partial charge in [-0.25, -0.2) is 0 Å². The zero-order valence-electron chi connectivity index (χ0n) is 10.9. The van der Waals surface area contributed by atoms with E-state index in [1.165, 1.54) is 5.56 Å². The van der Waals surface area contributed by atoms with Gasteiger partial charge in [-0.3, -0.25) is 4.79 Å². The summed E-state index contributed by atoms with van der Waals surface area (Å²) in [5.74, 6) is 0.121. The highest BCUT2D eigenvalue weighted by Crippen LogP contribution is 2.14. The molecule has 1 nitrogen and oxygen atoms in total. The van der Waals surface area contributed by atoms with E-state index in [2.05, 4.69) is 13.0 Å². The number of carbonyl (C=O) groups excluding carboxylic acids is 1. The minimum absolute atomic E-state index is 0.121. The van der Waals surface area contributed by atoms with Gasteiger partial charge in [-0.2, -0.15) is 0 Å². The molecule has 0 atom stereocenters. The number of benzene rings is 2. The maximum Gasteiger partial charge on any atom is 0.159 e. The first-order valence-corrected chi connectivity index (χ1v) is 6.17. The molecule has 0 aliphatic rings. The Bertz CT molecular complexity index is 518. The topological polar surface area (TPSA) is 17.1 Å². The average molecular weight is 261 g/mol. The van der Waals surface area contributed by atoms with E-state index in [1.807, 2.05) is 49.4 Å². The first-order chi connectivity index (χ1) is 8.50. The maximum absolute atomic E-state index is 10.6. The molecule has 0 spiro atoms. The zero-order chi connectivity index (χ0) is 13.5. The van der Waals surface area contributed by atoms with Gasteiger partial charge in [0.05, 0.1) is 0 Å². The summed E-state index contributed by atoms with van der Waals surface area (Å²) < 4.78 is 0. The van der Waals surface area contributed by atoms with E-state index in [9.17, 15) is 4.79 Å². The van der Waals surface area contributed by atoms with Crippen LogP contribution in [0.4, 0.5) is 0 Å². The van der Waals surface area contributed by atoms with Crippen LogP contribution in [0.2, 0.25) is 5.02 Å². The van der Waals surface area contributed by atoms with Crippen molar-refractivity contribution in [3.05, 3.63) is 70.2 Å². The largest absolute Gasteiger partial charge is 0.295 e. The van der Waals surface area contributed by atoms with Gasteiger partial charge in [0, 0.05) is 10.6 Å². The fourth-order valence-electron chi connectivity index (χ4n) is 1.47. The molecule has 0 saturated heterocycles. The van der Waals surface area contributed by atoms with E-state index in [4.69, 9.17) is 11.6 Å². The van der Waals surface area contributed by atoms with Crippen molar-refractivity contribution in [3.63, 3.8) is 0 Å². The summed E-state index contributed by atoms with van der Waals surface area (Å²) in [6.45, 7) is 5.63. The molecule has 0 radical (unpaired) electrons. The number of halogens is 1. The van der Waals surface area contributed by atoms with Gasteiger partial charge in [0.25, 0.3) is 0 Å². The Labute approximate surface area is 113 Å². The maximum atomic E-state index is 10.6. The SMILES string of the molecule is CC(=O)c1ccccc1.Cc1ccc(Cl)c(C)c1. The third kappa shape index (κ3) is 4.72. The van der Waals surface area contributed by atoms with Crippen molar-refractivity contribution in [2.45, 2.75) is 20.8 Å². The van der Waals surface area contributed by atoms with Crippen molar-refractivity contribution < 1.29 is 4.79 Å². The van der Waals surface area contributed by atoms with Crippen LogP contribution < -0.4 is 0 Å². The molecule has 2 aromatic carbocycles. The Balaban J connectivity index is 0.000000180. The summed E-state index contributed by atoms with van der Waals surface area (Å²) in [5, 5.41) is 0.848. The molecule has 0 aromatic heterocycles. The molecule has 0 aliphatic heterocycles. The normalized spacial score (nSPS) is 9.33. The number of hydrogen-bond donors (Lipinski definition) is 0. The van der Waals surface area contributed by atoms with Gasteiger partial charge in [-0.1, -0.05) is 59.6 Å². The minimum atomic E-state index is 0.121. The molecule has 0 heterocycles. The van der Waals surface area contributed by atoms with Crippen molar-refractivity contribution in [3.8, 4) is 0 Å². The van der Waals surface area contributed by atoms with E-state index in [-0.39, 0.29) is 5.78 Å². The van der Waals surface area contributed by atoms with Gasteiger partial charge in [0.2, 0.25) is 0 Å². The lowest BCUT2D eigenvalue weighted by molar-refractivity contribution is 0.101. The molecule has 2 aromatic rings. The fraction of sp³-hybridized carbons (Fsp3) is 0.188. The van der Waals surface area contributed by atoms with Crippen LogP contribution in [-0.2, 0) is 0 Å². The van der Waals surface area contributed by atoms with E-state index >= 15 is 0 Å². The quantitative estimate of drug-likeness (QED) is 0.670. The summed E-state index contributed by atoms with van der Waals surface area (Å²) in [6.07, 6.45) is 0. The third-order valence-electron chi connectivity index (χ3n) is 2.49. The highest BCUT2D eigenvalue weighted by atomic mass is 35.5. The number of aryl methyl sites for hydroxylation is 2. The van der Waals surface area contributed by atoms with Gasteiger partial charge in [-0.05, 0) is 32.4 Å². The van der Waals surface area contributed by atoms with Crippen molar-refractivity contribution in [1.82, 2.24) is 0 Å². The third-order valence-corrected chi connectivity index (χ3v) is 2.92. The Kier molecular flexibility index (Phi) is 5.60. The second-order valence-electron chi connectivity index (χ2n) is 4.17. The molecule has 0 unspecified atom stereocenters. The summed E-state index contributed by atoms with van der Waals surface area (Å²) in [5.41, 5.74) is 3.19. The predicted octanol–water partition coefficient (Wildman–Crippen LogP) is 4.85. The number of hydrogen-bond acceptors (Lipinski definition) is 1. The van der Waals surface area contributed by atoms with Crippen LogP contribution in [0, 0.1) is 13.8 Å². The molecule has 2 rings (SSSR count). The molecule has 0 aliphatic carbocycles. The van der Waals surface area contributed by atoms with E-state index in [1.54, 1.807) is 6.92 Å². The standard InChI is InChI=1S/C8H9Cl.C8H8O/c1-6-3-4-8(9)7(2)5-6;1-7(9)8-5-3-2-4-6-8/h3-5H,1-2H3;2-6H,1H3. The highest BCUT2D eigenvalue weighted by molar-refractivity contribution is 6.31. The Morgan fingerprint density at radius 2 is 1.61 bits per heavy atom. The molecular formula is C16H17ClO. The summed E-state index contributed by atoms with van der Waals surface area (Å²) in [4.78, 5) is 10.6. The Morgan fingerprint density at radius 3 is 2.00 bits per heavy atom. The number of Topliss-reactive ketones (excluding diaryl/α,β-unsaturated/α-hetero) is 1. The van der Waals surface area contributed by atoms with Gasteiger partial charge in [0.15, 0.2) is 5.78 Å². The molecule has 0 saturated carbocycles. The summed E-state index contributed by atoms with van der Waals surface area (Å²) in [7, 11) is 0. The van der Waals surface area contributed by atoms with Gasteiger partial charge in [0.1, 0.15) is 0 Å². The number of ketones is 1. The van der Waals surface area contributed by atoms with Crippen LogP contribution in [0.15, 0.2) is 48.5 Å². The van der Waals surface area contributed by atoms with Gasteiger partial charge in [-0.15, -0.1) is 0 Å². The van der Waals surface area contributed by atoms with Crippen molar-refractivity contribution in [1.29, 1.82) is 0 Å². The van der Waals surface area contributed by atoms with Gasteiger partial charge >= 0.3 is 0 Å². The van der Waals surface area contributed by atoms with Crippen LogP contribution in [0.5, 0.6) is 0 Å². The molecular weight excluding hydrogens is 244 g/mol. The zero-order valence-corrected chi connectivity index (χ0v) is 11.7. The van der Waals surface area contributed by atoms with E-state index in [0.717, 1.165) is 16.1 Å². The smallest absolute Gasteiger partial charge is 0.159 e. The first-order valence-electron chi connectivity index (χ1n) is 5.79. The molecule has 0 fully saturated rings. The molecule has 18 heavy (non-hydrogen) atoms. The number of carbonyl (C=O) groups is 1. The van der Waals surface area contributed by atoms with Crippen LogP contribution in [0.3, 0.4) is 0 Å². The summed E-state index contributed by atoms with van der Waals surface area (Å²) >= 11 is 5.78. The predicted molar refractivity (Wildman–Crippen MR) is 77.4 cm³/mol. The second-order valence-corrected chi connectivity index (χ2v) is 4.58. The Hall–Kier alpha value is -1.60. The van der Waals surface area contributed by atoms with Crippen LogP contribution in [-0.4, -0.2) is 5.78 Å². The minimum Gasteiger partial charge on any atom is -0.295 e. The van der Waals surface area contributed by atoms with Crippen LogP contribution >= 0.6 is 11.6 Å². The lowest BCUT2D eigenvalue weighted by atomic mass is 10.2. The van der Waals surface area contributed by atoms with Gasteiger partial charge < -0.3 is 0 Å². The lowest BCUT2D eigenvalue weighted by Gasteiger charge is -1.96. The second kappa shape index (κ2) is 6.97. The monoisotopic (exact) mass is 260 g/mol. The van der Waals surface area contributed by atoms with Crippen molar-refractivity contribution >= 4 is 17.4 Å². The molecule has 94 valence electrons. The van der Waals surface area contributed by atoms with Crippen LogP contribution in [0.1, 0.15) is 28.4 Å². The van der Waals surface area contributed by atoms with E-state index < -0.39 is 0 Å². The molecule has 0 amide bonds. The fourth-order valence-corrected chi connectivity index (χ4v) is 1.59. The number of rotatable bonds is 1. The first kappa shape index (κ1) is 14.5. The van der Waals surface area contributed by atoms with Crippen molar-refractivity contribution in [2.24, 2.45) is 0 Å². The molecule has 0 bridgehead atoms. The lowest BCUT2D eigenvalue weighted by Crippen LogP contribution is -1.88. The summed E-state index contributed by atoms with van der Waals surface area (Å²) in [6, 6.07) is 15.2. The van der Waals surface area contributed by atoms with E-state index in [0.29, 0.717) is 0 Å². The molecule has 2 heteroatoms. The van der Waals surface area contributed by atoms with Crippen LogP contribution in [0.25, 0.3) is 0 Å².